The van der Waals surface area contributed by atoms with Gasteiger partial charge in [-0.1, -0.05) is 12.1 Å². The third-order valence-corrected chi connectivity index (χ3v) is 3.61. The first-order valence-electron chi connectivity index (χ1n) is 7.60. The lowest BCUT2D eigenvalue weighted by Crippen LogP contribution is -2.35. The molecule has 0 fully saturated rings. The van der Waals surface area contributed by atoms with Gasteiger partial charge in [0.1, 0.15) is 12.4 Å². The van der Waals surface area contributed by atoms with Crippen molar-refractivity contribution >= 4 is 11.9 Å². The summed E-state index contributed by atoms with van der Waals surface area (Å²) in [7, 11) is 0. The summed E-state index contributed by atoms with van der Waals surface area (Å²) in [6, 6.07) is 4.95. The van der Waals surface area contributed by atoms with Crippen LogP contribution in [0.1, 0.15) is 23.6 Å². The van der Waals surface area contributed by atoms with Crippen molar-refractivity contribution in [1.82, 2.24) is 9.88 Å². The minimum Gasteiger partial charge on any atom is -0.481 e. The average molecular weight is 386 g/mol. The summed E-state index contributed by atoms with van der Waals surface area (Å²) in [6.45, 7) is -0.736. The maximum absolute atomic E-state index is 13.0. The first-order chi connectivity index (χ1) is 12.6. The van der Waals surface area contributed by atoms with Crippen LogP contribution in [0.3, 0.4) is 0 Å². The zero-order chi connectivity index (χ0) is 20.2. The van der Waals surface area contributed by atoms with Crippen molar-refractivity contribution in [3.8, 4) is 0 Å². The Morgan fingerprint density at radius 2 is 1.74 bits per heavy atom. The summed E-state index contributed by atoms with van der Waals surface area (Å²) in [5.41, 5.74) is -1.63. The molecule has 6 nitrogen and oxygen atoms in total. The average Bonchev–Trinajstić information content (AvgIpc) is 2.55. The summed E-state index contributed by atoms with van der Waals surface area (Å²) in [5, 5.41) is 11.3. The van der Waals surface area contributed by atoms with Crippen molar-refractivity contribution in [2.75, 3.05) is 0 Å². The minimum absolute atomic E-state index is 0.295. The van der Waals surface area contributed by atoms with Crippen LogP contribution in [0.5, 0.6) is 0 Å². The number of pyridine rings is 1. The second-order valence-electron chi connectivity index (χ2n) is 5.65. The Balaban J connectivity index is 2.20. The normalized spacial score (nSPS) is 12.4. The number of hydrogen-bond donors (Lipinski definition) is 2. The van der Waals surface area contributed by atoms with E-state index in [0.29, 0.717) is 28.5 Å². The van der Waals surface area contributed by atoms with E-state index in [0.717, 1.165) is 12.1 Å². The molecule has 0 aliphatic carbocycles. The number of halogens is 4. The lowest BCUT2D eigenvalue weighted by molar-refractivity contribution is -0.139. The SMILES string of the molecule is O=C(O)C[C@H](NC(=O)Cn1cc(C(F)(F)F)ccc1=O)c1ccc(F)cc1. The van der Waals surface area contributed by atoms with Gasteiger partial charge in [-0.25, -0.2) is 4.39 Å². The summed E-state index contributed by atoms with van der Waals surface area (Å²) in [4.78, 5) is 34.8. The second-order valence-corrected chi connectivity index (χ2v) is 5.65. The largest absolute Gasteiger partial charge is 0.481 e. The number of amides is 1. The lowest BCUT2D eigenvalue weighted by atomic mass is 10.0. The van der Waals surface area contributed by atoms with E-state index >= 15 is 0 Å². The predicted molar refractivity (Wildman–Crippen MR) is 85.2 cm³/mol. The van der Waals surface area contributed by atoms with E-state index < -0.39 is 54.0 Å². The minimum atomic E-state index is -4.69. The molecule has 0 saturated heterocycles. The molecule has 144 valence electrons. The third kappa shape index (κ3) is 5.66. The second kappa shape index (κ2) is 8.02. The van der Waals surface area contributed by atoms with Gasteiger partial charge >= 0.3 is 12.1 Å². The van der Waals surface area contributed by atoms with Crippen LogP contribution in [0.15, 0.2) is 47.4 Å². The predicted octanol–water partition coefficient (Wildman–Crippen LogP) is 2.34. The summed E-state index contributed by atoms with van der Waals surface area (Å²) >= 11 is 0. The molecule has 0 spiro atoms. The zero-order valence-corrected chi connectivity index (χ0v) is 13.7. The van der Waals surface area contributed by atoms with E-state index in [1.165, 1.54) is 12.1 Å². The fourth-order valence-corrected chi connectivity index (χ4v) is 2.34. The molecule has 1 aromatic heterocycles. The van der Waals surface area contributed by atoms with Gasteiger partial charge in [0, 0.05) is 12.3 Å². The topological polar surface area (TPSA) is 88.4 Å². The Bertz CT molecular complexity index is 891. The summed E-state index contributed by atoms with van der Waals surface area (Å²) < 4.78 is 51.8. The van der Waals surface area contributed by atoms with Gasteiger partial charge in [0.05, 0.1) is 18.0 Å². The van der Waals surface area contributed by atoms with Gasteiger partial charge in [-0.2, -0.15) is 13.2 Å². The molecule has 0 aliphatic heterocycles. The monoisotopic (exact) mass is 386 g/mol. The van der Waals surface area contributed by atoms with E-state index in [4.69, 9.17) is 5.11 Å². The van der Waals surface area contributed by atoms with E-state index in [2.05, 4.69) is 5.32 Å². The molecular weight excluding hydrogens is 372 g/mol. The van der Waals surface area contributed by atoms with Crippen LogP contribution in [-0.2, 0) is 22.3 Å². The summed E-state index contributed by atoms with van der Waals surface area (Å²) in [6.07, 6.45) is -4.72. The van der Waals surface area contributed by atoms with E-state index in [9.17, 15) is 31.9 Å². The van der Waals surface area contributed by atoms with Crippen LogP contribution >= 0.6 is 0 Å². The van der Waals surface area contributed by atoms with Gasteiger partial charge in [0.2, 0.25) is 5.91 Å². The molecule has 0 bridgehead atoms. The maximum atomic E-state index is 13.0. The molecule has 1 atom stereocenters. The number of alkyl halides is 3. The van der Waals surface area contributed by atoms with Crippen LogP contribution in [0, 0.1) is 5.82 Å². The number of aromatic nitrogens is 1. The highest BCUT2D eigenvalue weighted by Gasteiger charge is 2.31. The van der Waals surface area contributed by atoms with Gasteiger partial charge in [-0.15, -0.1) is 0 Å². The molecule has 0 unspecified atom stereocenters. The van der Waals surface area contributed by atoms with Crippen LogP contribution < -0.4 is 10.9 Å². The number of carboxylic acid groups (broad SMARTS) is 1. The quantitative estimate of drug-likeness (QED) is 0.746. The van der Waals surface area contributed by atoms with Crippen molar-refractivity contribution in [1.29, 1.82) is 0 Å². The molecule has 2 aromatic rings. The number of hydrogen-bond acceptors (Lipinski definition) is 3. The smallest absolute Gasteiger partial charge is 0.417 e. The molecule has 0 saturated carbocycles. The molecule has 2 rings (SSSR count). The van der Waals surface area contributed by atoms with Crippen molar-refractivity contribution in [2.24, 2.45) is 0 Å². The van der Waals surface area contributed by atoms with Crippen molar-refractivity contribution < 1.29 is 32.3 Å². The van der Waals surface area contributed by atoms with Crippen LogP contribution in [0.2, 0.25) is 0 Å². The van der Waals surface area contributed by atoms with Crippen molar-refractivity contribution in [3.63, 3.8) is 0 Å². The van der Waals surface area contributed by atoms with Crippen LogP contribution in [-0.4, -0.2) is 21.6 Å². The number of carbonyl (C=O) groups is 2. The number of nitrogens with zero attached hydrogens (tertiary/aromatic N) is 1. The number of carboxylic acids is 1. The van der Waals surface area contributed by atoms with Gasteiger partial charge < -0.3 is 15.0 Å². The molecule has 1 aromatic carbocycles. The highest BCUT2D eigenvalue weighted by Crippen LogP contribution is 2.28. The molecule has 1 amide bonds. The molecule has 1 heterocycles. The van der Waals surface area contributed by atoms with Crippen LogP contribution in [0.25, 0.3) is 0 Å². The fraction of sp³-hybridized carbons (Fsp3) is 0.235. The molecular formula is C17H14F4N2O4. The lowest BCUT2D eigenvalue weighted by Gasteiger charge is -2.18. The highest BCUT2D eigenvalue weighted by atomic mass is 19.4. The van der Waals surface area contributed by atoms with E-state index in [1.807, 2.05) is 0 Å². The Labute approximate surface area is 150 Å². The highest BCUT2D eigenvalue weighted by molar-refractivity contribution is 5.77. The summed E-state index contributed by atoms with van der Waals surface area (Å²) in [5.74, 6) is -2.68. The standard InChI is InChI=1S/C17H14F4N2O4/c18-12-4-1-10(2-5-12)13(7-16(26)27)22-14(24)9-23-8-11(17(19,20)21)3-6-15(23)25/h1-6,8,13H,7,9H2,(H,22,24)(H,26,27)/t13-/m0/s1. The first-order valence-corrected chi connectivity index (χ1v) is 7.60. The Hall–Kier alpha value is -3.17. The number of aliphatic carboxylic acids is 1. The molecule has 0 radical (unpaired) electrons. The first kappa shape index (κ1) is 20.1. The molecule has 2 N–H and O–H groups in total. The van der Waals surface area contributed by atoms with Gasteiger partial charge in [0.25, 0.3) is 5.56 Å². The number of carbonyl (C=O) groups excluding carboxylic acids is 1. The van der Waals surface area contributed by atoms with Gasteiger partial charge in [-0.3, -0.25) is 14.4 Å². The Morgan fingerprint density at radius 3 is 2.30 bits per heavy atom. The van der Waals surface area contributed by atoms with Gasteiger partial charge in [-0.05, 0) is 23.8 Å². The van der Waals surface area contributed by atoms with Crippen molar-refractivity contribution in [2.45, 2.75) is 25.2 Å². The number of nitrogens with one attached hydrogen (secondary N) is 1. The van der Waals surface area contributed by atoms with E-state index in [-0.39, 0.29) is 0 Å². The van der Waals surface area contributed by atoms with Crippen LogP contribution in [0.4, 0.5) is 17.6 Å². The zero-order valence-electron chi connectivity index (χ0n) is 13.7. The van der Waals surface area contributed by atoms with Gasteiger partial charge in [0.15, 0.2) is 0 Å². The Kier molecular flexibility index (Phi) is 5.98. The molecule has 10 heteroatoms. The third-order valence-electron chi connectivity index (χ3n) is 3.61. The fourth-order valence-electron chi connectivity index (χ4n) is 2.34. The van der Waals surface area contributed by atoms with E-state index in [1.54, 1.807) is 0 Å². The van der Waals surface area contributed by atoms with Crippen molar-refractivity contribution in [3.05, 3.63) is 69.9 Å². The maximum Gasteiger partial charge on any atom is 0.417 e. The number of benzene rings is 1. The molecule has 0 aliphatic rings. The Morgan fingerprint density at radius 1 is 1.11 bits per heavy atom. The molecule has 27 heavy (non-hydrogen) atoms. The number of rotatable bonds is 6.